The molecule has 0 fully saturated rings. The van der Waals surface area contributed by atoms with Gasteiger partial charge in [-0.15, -0.1) is 0 Å². The third-order valence-electron chi connectivity index (χ3n) is 2.88. The summed E-state index contributed by atoms with van der Waals surface area (Å²) in [6.07, 6.45) is 1.32. The van der Waals surface area contributed by atoms with Crippen molar-refractivity contribution in [3.63, 3.8) is 0 Å². The molecular weight excluding hydrogens is 246 g/mol. The number of nitrogens with zero attached hydrogens (tertiary/aromatic N) is 2. The fourth-order valence-corrected chi connectivity index (χ4v) is 1.90. The number of rotatable bonds is 3. The molecule has 0 aliphatic carbocycles. The van der Waals surface area contributed by atoms with Gasteiger partial charge in [-0.3, -0.25) is 9.36 Å². The van der Waals surface area contributed by atoms with Gasteiger partial charge in [-0.05, 0) is 6.07 Å². The van der Waals surface area contributed by atoms with Crippen LogP contribution < -0.4 is 21.7 Å². The molecule has 0 radical (unpaired) electrons. The maximum Gasteiger partial charge on any atom is 0.331 e. The predicted molar refractivity (Wildman–Crippen MR) is 72.5 cm³/mol. The Bertz CT molecular complexity index is 682. The van der Waals surface area contributed by atoms with Crippen LogP contribution in [0.4, 0.5) is 5.69 Å². The Balaban J connectivity index is 2.56. The zero-order valence-electron chi connectivity index (χ0n) is 10.8. The van der Waals surface area contributed by atoms with Crippen LogP contribution in [-0.4, -0.2) is 16.2 Å². The Kier molecular flexibility index (Phi) is 3.41. The van der Waals surface area contributed by atoms with Gasteiger partial charge in [0, 0.05) is 18.8 Å². The number of nitrogen functional groups attached to an aromatic ring is 1. The molecule has 2 N–H and O–H groups in total. The standard InChI is InChI=1S/C13H15N3O3/c1-15-8-10(14)12(17)16(13(15)18)7-9-5-3-4-6-11(9)19-2/h3-6,8H,7,14H2,1-2H3. The van der Waals surface area contributed by atoms with E-state index in [1.54, 1.807) is 26.3 Å². The van der Waals surface area contributed by atoms with Crippen molar-refractivity contribution in [3.8, 4) is 5.75 Å². The first-order valence-electron chi connectivity index (χ1n) is 5.72. The maximum atomic E-state index is 12.0. The summed E-state index contributed by atoms with van der Waals surface area (Å²) in [5, 5.41) is 0. The number of methoxy groups -OCH3 is 1. The lowest BCUT2D eigenvalue weighted by Crippen LogP contribution is -2.40. The number of para-hydroxylation sites is 1. The lowest BCUT2D eigenvalue weighted by Gasteiger charge is -2.11. The highest BCUT2D eigenvalue weighted by atomic mass is 16.5. The minimum atomic E-state index is -0.492. The van der Waals surface area contributed by atoms with Crippen LogP contribution in [0.5, 0.6) is 5.75 Å². The van der Waals surface area contributed by atoms with Crippen LogP contribution in [0.3, 0.4) is 0 Å². The Morgan fingerprint density at radius 2 is 1.95 bits per heavy atom. The molecule has 100 valence electrons. The summed E-state index contributed by atoms with van der Waals surface area (Å²) in [4.78, 5) is 23.9. The highest BCUT2D eigenvalue weighted by Gasteiger charge is 2.10. The van der Waals surface area contributed by atoms with Gasteiger partial charge in [-0.2, -0.15) is 0 Å². The van der Waals surface area contributed by atoms with Gasteiger partial charge in [-0.1, -0.05) is 18.2 Å². The topological polar surface area (TPSA) is 79.2 Å². The molecule has 0 aliphatic heterocycles. The number of ether oxygens (including phenoxy) is 1. The van der Waals surface area contributed by atoms with Crippen LogP contribution in [0.2, 0.25) is 0 Å². The molecule has 6 heteroatoms. The number of anilines is 1. The summed E-state index contributed by atoms with van der Waals surface area (Å²) >= 11 is 0. The first kappa shape index (κ1) is 12.9. The van der Waals surface area contributed by atoms with E-state index in [0.29, 0.717) is 5.75 Å². The summed E-state index contributed by atoms with van der Waals surface area (Å²) in [7, 11) is 3.09. The van der Waals surface area contributed by atoms with Gasteiger partial charge in [0.15, 0.2) is 0 Å². The molecule has 0 aliphatic rings. The average molecular weight is 261 g/mol. The summed E-state index contributed by atoms with van der Waals surface area (Å²) in [6.45, 7) is 0.126. The van der Waals surface area contributed by atoms with Gasteiger partial charge in [-0.25, -0.2) is 4.79 Å². The lowest BCUT2D eigenvalue weighted by molar-refractivity contribution is 0.407. The number of hydrogen-bond donors (Lipinski definition) is 1. The highest BCUT2D eigenvalue weighted by molar-refractivity contribution is 5.35. The van der Waals surface area contributed by atoms with Gasteiger partial charge in [0.05, 0.1) is 13.7 Å². The van der Waals surface area contributed by atoms with Crippen LogP contribution in [0.15, 0.2) is 40.1 Å². The second-order valence-corrected chi connectivity index (χ2v) is 4.18. The van der Waals surface area contributed by atoms with Crippen LogP contribution in [0.25, 0.3) is 0 Å². The Morgan fingerprint density at radius 3 is 2.63 bits per heavy atom. The predicted octanol–water partition coefficient (Wildman–Crippen LogP) is 0.186. The molecule has 0 saturated heterocycles. The van der Waals surface area contributed by atoms with Crippen molar-refractivity contribution in [2.24, 2.45) is 7.05 Å². The summed E-state index contributed by atoms with van der Waals surface area (Å²) in [5.74, 6) is 0.624. The van der Waals surface area contributed by atoms with E-state index in [9.17, 15) is 9.59 Å². The zero-order valence-corrected chi connectivity index (χ0v) is 10.8. The molecule has 1 aromatic carbocycles. The van der Waals surface area contributed by atoms with Gasteiger partial charge >= 0.3 is 5.69 Å². The first-order valence-corrected chi connectivity index (χ1v) is 5.72. The lowest BCUT2D eigenvalue weighted by atomic mass is 10.2. The largest absolute Gasteiger partial charge is 0.496 e. The highest BCUT2D eigenvalue weighted by Crippen LogP contribution is 2.17. The van der Waals surface area contributed by atoms with Crippen LogP contribution in [-0.2, 0) is 13.6 Å². The zero-order chi connectivity index (χ0) is 14.0. The molecule has 2 aromatic rings. The van der Waals surface area contributed by atoms with Crippen molar-refractivity contribution in [1.82, 2.24) is 9.13 Å². The van der Waals surface area contributed by atoms with Crippen molar-refractivity contribution in [2.75, 3.05) is 12.8 Å². The van der Waals surface area contributed by atoms with Crippen LogP contribution in [0.1, 0.15) is 5.56 Å². The van der Waals surface area contributed by atoms with E-state index >= 15 is 0 Å². The van der Waals surface area contributed by atoms with Crippen LogP contribution >= 0.6 is 0 Å². The van der Waals surface area contributed by atoms with E-state index in [2.05, 4.69) is 0 Å². The molecule has 6 nitrogen and oxygen atoms in total. The Labute approximate surface area is 109 Å². The number of benzene rings is 1. The Hall–Kier alpha value is -2.50. The molecule has 0 amide bonds. The maximum absolute atomic E-state index is 12.0. The van der Waals surface area contributed by atoms with Gasteiger partial charge in [0.25, 0.3) is 5.56 Å². The van der Waals surface area contributed by atoms with E-state index in [-0.39, 0.29) is 12.2 Å². The average Bonchev–Trinajstić information content (AvgIpc) is 2.42. The molecule has 0 spiro atoms. The van der Waals surface area contributed by atoms with Crippen molar-refractivity contribution in [1.29, 1.82) is 0 Å². The normalized spacial score (nSPS) is 10.4. The summed E-state index contributed by atoms with van der Waals surface area (Å²) in [6, 6.07) is 7.22. The summed E-state index contributed by atoms with van der Waals surface area (Å²) in [5.41, 5.74) is 5.47. The van der Waals surface area contributed by atoms with Crippen molar-refractivity contribution in [3.05, 3.63) is 56.9 Å². The fraction of sp³-hybridized carbons (Fsp3) is 0.231. The minimum Gasteiger partial charge on any atom is -0.496 e. The van der Waals surface area contributed by atoms with Gasteiger partial charge in [0.2, 0.25) is 0 Å². The van der Waals surface area contributed by atoms with E-state index in [4.69, 9.17) is 10.5 Å². The molecule has 0 atom stereocenters. The number of aromatic nitrogens is 2. The number of hydrogen-bond acceptors (Lipinski definition) is 4. The molecule has 2 rings (SSSR count). The monoisotopic (exact) mass is 261 g/mol. The molecule has 0 unspecified atom stereocenters. The molecule has 1 heterocycles. The van der Waals surface area contributed by atoms with E-state index in [1.165, 1.54) is 10.8 Å². The molecule has 0 saturated carbocycles. The molecular formula is C13H15N3O3. The number of aryl methyl sites for hydroxylation is 1. The molecule has 19 heavy (non-hydrogen) atoms. The fourth-order valence-electron chi connectivity index (χ4n) is 1.90. The van der Waals surface area contributed by atoms with Crippen molar-refractivity contribution >= 4 is 5.69 Å². The first-order chi connectivity index (χ1) is 9.04. The van der Waals surface area contributed by atoms with E-state index in [1.807, 2.05) is 12.1 Å². The second-order valence-electron chi connectivity index (χ2n) is 4.18. The third-order valence-corrected chi connectivity index (χ3v) is 2.88. The van der Waals surface area contributed by atoms with Crippen molar-refractivity contribution in [2.45, 2.75) is 6.54 Å². The quantitative estimate of drug-likeness (QED) is 0.855. The molecule has 1 aromatic heterocycles. The van der Waals surface area contributed by atoms with Crippen molar-refractivity contribution < 1.29 is 4.74 Å². The van der Waals surface area contributed by atoms with Gasteiger partial charge < -0.3 is 15.0 Å². The SMILES string of the molecule is COc1ccccc1Cn1c(=O)c(N)cn(C)c1=O. The van der Waals surface area contributed by atoms with E-state index in [0.717, 1.165) is 10.1 Å². The van der Waals surface area contributed by atoms with Gasteiger partial charge in [0.1, 0.15) is 11.4 Å². The summed E-state index contributed by atoms with van der Waals surface area (Å²) < 4.78 is 7.58. The number of nitrogens with two attached hydrogens (primary N) is 1. The Morgan fingerprint density at radius 1 is 1.26 bits per heavy atom. The minimum absolute atomic E-state index is 0.0389. The smallest absolute Gasteiger partial charge is 0.331 e. The second kappa shape index (κ2) is 5.01. The van der Waals surface area contributed by atoms with E-state index < -0.39 is 11.2 Å². The molecule has 0 bridgehead atoms. The third kappa shape index (κ3) is 2.37. The van der Waals surface area contributed by atoms with Crippen LogP contribution in [0, 0.1) is 0 Å².